The summed E-state index contributed by atoms with van der Waals surface area (Å²) < 4.78 is 95.4. The predicted octanol–water partition coefficient (Wildman–Crippen LogP) is 4.19. The van der Waals surface area contributed by atoms with Crippen molar-refractivity contribution in [3.05, 3.63) is 25.3 Å². The molecule has 0 heterocycles. The van der Waals surface area contributed by atoms with Crippen LogP contribution in [0.3, 0.4) is 0 Å². The SMILES string of the molecule is C=CC(=O)OCCOCCOCCOCCOCCOCCOCC(C)OCC(C)OCC(C)OCC(C)OCC(C)OCC(C)OCC(C)OCC(C)OCC(C)OCCOC(=O)C=C. The van der Waals surface area contributed by atoms with Gasteiger partial charge in [0.25, 0.3) is 0 Å². The van der Waals surface area contributed by atoms with E-state index in [9.17, 15) is 9.59 Å². The Morgan fingerprint density at radius 3 is 0.742 bits per heavy atom. The van der Waals surface area contributed by atoms with Crippen molar-refractivity contribution in [2.75, 3.05) is 152 Å². The largest absolute Gasteiger partial charge is 0.460 e. The highest BCUT2D eigenvalue weighted by Crippen LogP contribution is 2.06. The Labute approximate surface area is 395 Å². The van der Waals surface area contributed by atoms with Crippen LogP contribution in [-0.4, -0.2) is 219 Å². The highest BCUT2D eigenvalue weighted by Gasteiger charge is 2.15. The second-order valence-corrected chi connectivity index (χ2v) is 15.7. The van der Waals surface area contributed by atoms with Crippen LogP contribution in [0.25, 0.3) is 0 Å². The van der Waals surface area contributed by atoms with Crippen LogP contribution in [-0.2, 0) is 90.1 Å². The average Bonchev–Trinajstić information content (AvgIpc) is 3.31. The molecule has 0 aliphatic heterocycles. The Bertz CT molecular complexity index is 1130. The van der Waals surface area contributed by atoms with E-state index in [4.69, 9.17) is 80.5 Å². The van der Waals surface area contributed by atoms with Crippen molar-refractivity contribution < 1.29 is 90.1 Å². The van der Waals surface area contributed by atoms with Crippen LogP contribution in [0.4, 0.5) is 0 Å². The molecule has 0 aliphatic carbocycles. The fraction of sp³-hybridized carbons (Fsp3) is 0.872. The summed E-state index contributed by atoms with van der Waals surface area (Å²) >= 11 is 0. The maximum absolute atomic E-state index is 11.1. The normalized spacial score (nSPS) is 15.8. The third-order valence-corrected chi connectivity index (χ3v) is 8.67. The summed E-state index contributed by atoms with van der Waals surface area (Å²) in [5, 5.41) is 0. The van der Waals surface area contributed by atoms with Crippen molar-refractivity contribution in [3.8, 4) is 0 Å². The summed E-state index contributed by atoms with van der Waals surface area (Å²) in [6.07, 6.45) is 1.21. The highest BCUT2D eigenvalue weighted by molar-refractivity contribution is 5.81. The fourth-order valence-electron chi connectivity index (χ4n) is 4.89. The van der Waals surface area contributed by atoms with E-state index >= 15 is 0 Å². The monoisotopic (exact) mass is 957 g/mol. The standard InChI is InChI=1S/C47H88O19/c1-12-46(48)57-25-24-54-21-20-52-17-16-50-14-15-51-18-19-53-22-23-55-28-37(3)59-30-39(5)61-32-41(7)63-34-43(9)65-36-45(11)66-35-44(10)64-33-42(8)62-31-40(6)60-29-38(4)56-26-27-58-47(49)13-2/h12-13,37-45H,1-2,14-36H2,3-11H3. The molecule has 0 aromatic heterocycles. The van der Waals surface area contributed by atoms with Gasteiger partial charge in [0.05, 0.1) is 194 Å². The van der Waals surface area contributed by atoms with Crippen LogP contribution in [0.1, 0.15) is 62.3 Å². The molecule has 390 valence electrons. The minimum Gasteiger partial charge on any atom is -0.460 e. The molecule has 9 atom stereocenters. The van der Waals surface area contributed by atoms with Crippen LogP contribution in [0.5, 0.6) is 0 Å². The van der Waals surface area contributed by atoms with E-state index in [2.05, 4.69) is 13.2 Å². The van der Waals surface area contributed by atoms with Crippen molar-refractivity contribution in [2.45, 2.75) is 117 Å². The third-order valence-electron chi connectivity index (χ3n) is 8.67. The zero-order valence-corrected chi connectivity index (χ0v) is 41.8. The molecule has 0 saturated heterocycles. The van der Waals surface area contributed by atoms with Crippen molar-refractivity contribution >= 4 is 11.9 Å². The minimum absolute atomic E-state index is 0.0880. The Morgan fingerprint density at radius 1 is 0.288 bits per heavy atom. The maximum atomic E-state index is 11.1. The molecule has 0 radical (unpaired) electrons. The van der Waals surface area contributed by atoms with Crippen LogP contribution in [0.15, 0.2) is 25.3 Å². The first kappa shape index (κ1) is 63.8. The number of esters is 2. The van der Waals surface area contributed by atoms with Gasteiger partial charge in [0, 0.05) is 12.2 Å². The molecule has 0 aromatic rings. The van der Waals surface area contributed by atoms with Gasteiger partial charge in [0.1, 0.15) is 13.2 Å². The molecule has 0 amide bonds. The molecule has 19 heteroatoms. The number of carbonyl (C=O) groups excluding carboxylic acids is 2. The Hall–Kier alpha value is -2.18. The molecule has 0 rings (SSSR count). The Balaban J connectivity index is 3.71. The average molecular weight is 957 g/mol. The third kappa shape index (κ3) is 44.3. The van der Waals surface area contributed by atoms with Gasteiger partial charge in [-0.15, -0.1) is 0 Å². The van der Waals surface area contributed by atoms with E-state index in [-0.39, 0.29) is 74.8 Å². The van der Waals surface area contributed by atoms with E-state index in [1.807, 2.05) is 62.3 Å². The molecule has 19 nitrogen and oxygen atoms in total. The highest BCUT2D eigenvalue weighted by atomic mass is 16.6. The number of carbonyl (C=O) groups is 2. The molecule has 0 bridgehead atoms. The lowest BCUT2D eigenvalue weighted by Crippen LogP contribution is -2.30. The first-order chi connectivity index (χ1) is 31.7. The van der Waals surface area contributed by atoms with Crippen molar-refractivity contribution in [2.24, 2.45) is 0 Å². The number of hydrogen-bond donors (Lipinski definition) is 0. The van der Waals surface area contributed by atoms with E-state index in [1.54, 1.807) is 0 Å². The summed E-state index contributed by atoms with van der Waals surface area (Å²) in [6, 6.07) is 0. The van der Waals surface area contributed by atoms with Gasteiger partial charge in [-0.3, -0.25) is 0 Å². The lowest BCUT2D eigenvalue weighted by Gasteiger charge is -2.23. The van der Waals surface area contributed by atoms with Gasteiger partial charge < -0.3 is 80.5 Å². The van der Waals surface area contributed by atoms with E-state index < -0.39 is 11.9 Å². The number of rotatable bonds is 50. The lowest BCUT2D eigenvalue weighted by atomic mass is 10.3. The van der Waals surface area contributed by atoms with Gasteiger partial charge in [0.15, 0.2) is 0 Å². The van der Waals surface area contributed by atoms with E-state index in [0.29, 0.717) is 132 Å². The fourth-order valence-corrected chi connectivity index (χ4v) is 4.89. The molecule has 0 aliphatic rings. The molecule has 9 unspecified atom stereocenters. The molecular weight excluding hydrogens is 868 g/mol. The molecule has 0 spiro atoms. The van der Waals surface area contributed by atoms with Crippen LogP contribution in [0, 0.1) is 0 Å². The molecule has 0 aromatic carbocycles. The Kier molecular flexibility index (Phi) is 43.8. The number of ether oxygens (including phenoxy) is 17. The molecule has 66 heavy (non-hydrogen) atoms. The topological polar surface area (TPSA) is 191 Å². The van der Waals surface area contributed by atoms with Crippen molar-refractivity contribution in [3.63, 3.8) is 0 Å². The number of hydrogen-bond acceptors (Lipinski definition) is 19. The summed E-state index contributed by atoms with van der Waals surface area (Å²) in [5.74, 6) is -0.936. The first-order valence-electron chi connectivity index (χ1n) is 23.3. The first-order valence-corrected chi connectivity index (χ1v) is 23.3. The van der Waals surface area contributed by atoms with Crippen LogP contribution >= 0.6 is 0 Å². The van der Waals surface area contributed by atoms with E-state index in [0.717, 1.165) is 12.2 Å². The summed E-state index contributed by atoms with van der Waals surface area (Å²) in [5.41, 5.74) is 0. The van der Waals surface area contributed by atoms with Crippen LogP contribution < -0.4 is 0 Å². The summed E-state index contributed by atoms with van der Waals surface area (Å²) in [4.78, 5) is 22.0. The zero-order chi connectivity index (χ0) is 49.0. The van der Waals surface area contributed by atoms with Gasteiger partial charge in [0.2, 0.25) is 0 Å². The van der Waals surface area contributed by atoms with E-state index in [1.165, 1.54) is 0 Å². The predicted molar refractivity (Wildman–Crippen MR) is 246 cm³/mol. The van der Waals surface area contributed by atoms with Crippen molar-refractivity contribution in [1.82, 2.24) is 0 Å². The summed E-state index contributed by atoms with van der Waals surface area (Å²) in [6.45, 7) is 33.6. The van der Waals surface area contributed by atoms with Gasteiger partial charge in [-0.2, -0.15) is 0 Å². The Morgan fingerprint density at radius 2 is 0.485 bits per heavy atom. The van der Waals surface area contributed by atoms with Crippen molar-refractivity contribution in [1.29, 1.82) is 0 Å². The zero-order valence-electron chi connectivity index (χ0n) is 41.8. The van der Waals surface area contributed by atoms with Gasteiger partial charge in [-0.25, -0.2) is 9.59 Å². The molecule has 0 fully saturated rings. The smallest absolute Gasteiger partial charge is 0.330 e. The molecule has 0 saturated carbocycles. The molecule has 0 N–H and O–H groups in total. The van der Waals surface area contributed by atoms with Gasteiger partial charge >= 0.3 is 11.9 Å². The summed E-state index contributed by atoms with van der Waals surface area (Å²) in [7, 11) is 0. The van der Waals surface area contributed by atoms with Gasteiger partial charge in [-0.1, -0.05) is 13.2 Å². The van der Waals surface area contributed by atoms with Crippen LogP contribution in [0.2, 0.25) is 0 Å². The second-order valence-electron chi connectivity index (χ2n) is 15.7. The molecular formula is C47H88O19. The second kappa shape index (κ2) is 45.3. The minimum atomic E-state index is -0.471. The van der Waals surface area contributed by atoms with Gasteiger partial charge in [-0.05, 0) is 62.3 Å². The quantitative estimate of drug-likeness (QED) is 0.0479. The lowest BCUT2D eigenvalue weighted by molar-refractivity contribution is -0.141. The maximum Gasteiger partial charge on any atom is 0.330 e.